The minimum absolute atomic E-state index is 0.129. The number of fused-ring (bicyclic) bond motifs is 1. The van der Waals surface area contributed by atoms with E-state index in [1.54, 1.807) is 13.3 Å². The van der Waals surface area contributed by atoms with E-state index in [0.29, 0.717) is 24.5 Å². The lowest BCUT2D eigenvalue weighted by atomic mass is 10.1. The van der Waals surface area contributed by atoms with Gasteiger partial charge < -0.3 is 14.8 Å². The molecule has 0 radical (unpaired) electrons. The van der Waals surface area contributed by atoms with Gasteiger partial charge in [0.2, 0.25) is 0 Å². The molecule has 0 aliphatic rings. The molecule has 1 aromatic heterocycles. The summed E-state index contributed by atoms with van der Waals surface area (Å²) in [5.41, 5.74) is 2.37. The standard InChI is InChI=1S/C22H24N2O3/c1-3-4-13-27-20-11-10-16(14-21(20)26-2)15-24-22(25)18-7-5-9-19-17(18)8-6-12-23-19/h5-12,14H,3-4,13,15H2,1-2H3,(H,24,25). The average molecular weight is 364 g/mol. The second-order valence-electron chi connectivity index (χ2n) is 6.25. The van der Waals surface area contributed by atoms with E-state index in [1.165, 1.54) is 0 Å². The fraction of sp³-hybridized carbons (Fsp3) is 0.273. The number of pyridine rings is 1. The minimum atomic E-state index is -0.129. The first kappa shape index (κ1) is 18.7. The van der Waals surface area contributed by atoms with E-state index in [1.807, 2.05) is 48.5 Å². The third kappa shape index (κ3) is 4.56. The van der Waals surface area contributed by atoms with Crippen molar-refractivity contribution in [1.82, 2.24) is 10.3 Å². The molecule has 0 aliphatic heterocycles. The van der Waals surface area contributed by atoms with Gasteiger partial charge in [0, 0.05) is 23.7 Å². The first-order valence-electron chi connectivity index (χ1n) is 9.14. The van der Waals surface area contributed by atoms with Crippen LogP contribution in [0, 0.1) is 0 Å². The van der Waals surface area contributed by atoms with Crippen molar-refractivity contribution in [3.8, 4) is 11.5 Å². The largest absolute Gasteiger partial charge is 0.493 e. The third-order valence-corrected chi connectivity index (χ3v) is 4.33. The number of carbonyl (C=O) groups is 1. The molecule has 0 fully saturated rings. The van der Waals surface area contributed by atoms with Crippen molar-refractivity contribution in [3.63, 3.8) is 0 Å². The summed E-state index contributed by atoms with van der Waals surface area (Å²) in [4.78, 5) is 16.9. The van der Waals surface area contributed by atoms with E-state index in [2.05, 4.69) is 17.2 Å². The number of ether oxygens (including phenoxy) is 2. The smallest absolute Gasteiger partial charge is 0.252 e. The van der Waals surface area contributed by atoms with Crippen molar-refractivity contribution < 1.29 is 14.3 Å². The summed E-state index contributed by atoms with van der Waals surface area (Å²) in [6.07, 6.45) is 3.80. The van der Waals surface area contributed by atoms with Crippen LogP contribution < -0.4 is 14.8 Å². The molecule has 0 saturated heterocycles. The number of nitrogens with one attached hydrogen (secondary N) is 1. The molecule has 1 heterocycles. The van der Waals surface area contributed by atoms with Crippen LogP contribution in [0.15, 0.2) is 54.7 Å². The fourth-order valence-corrected chi connectivity index (χ4v) is 2.85. The van der Waals surface area contributed by atoms with Gasteiger partial charge in [-0.15, -0.1) is 0 Å². The molecule has 3 aromatic rings. The zero-order chi connectivity index (χ0) is 19.1. The second kappa shape index (κ2) is 9.03. The van der Waals surface area contributed by atoms with Gasteiger partial charge in [-0.05, 0) is 42.3 Å². The molecule has 0 atom stereocenters. The summed E-state index contributed by atoms with van der Waals surface area (Å²) in [6.45, 7) is 3.19. The zero-order valence-electron chi connectivity index (χ0n) is 15.7. The van der Waals surface area contributed by atoms with Crippen LogP contribution in [0.5, 0.6) is 11.5 Å². The highest BCUT2D eigenvalue weighted by Crippen LogP contribution is 2.28. The Hall–Kier alpha value is -3.08. The summed E-state index contributed by atoms with van der Waals surface area (Å²) < 4.78 is 11.2. The molecule has 5 heteroatoms. The summed E-state index contributed by atoms with van der Waals surface area (Å²) in [7, 11) is 1.62. The maximum absolute atomic E-state index is 12.6. The lowest BCUT2D eigenvalue weighted by Crippen LogP contribution is -2.23. The van der Waals surface area contributed by atoms with E-state index in [-0.39, 0.29) is 5.91 Å². The molecule has 1 N–H and O–H groups in total. The van der Waals surface area contributed by atoms with E-state index in [4.69, 9.17) is 9.47 Å². The Balaban J connectivity index is 1.69. The fourth-order valence-electron chi connectivity index (χ4n) is 2.85. The number of carbonyl (C=O) groups excluding carboxylic acids is 1. The Bertz CT molecular complexity index is 919. The molecule has 1 amide bonds. The lowest BCUT2D eigenvalue weighted by Gasteiger charge is -2.13. The summed E-state index contributed by atoms with van der Waals surface area (Å²) in [5.74, 6) is 1.27. The van der Waals surface area contributed by atoms with Crippen molar-refractivity contribution >= 4 is 16.8 Å². The highest BCUT2D eigenvalue weighted by Gasteiger charge is 2.11. The number of unbranched alkanes of at least 4 members (excludes halogenated alkanes) is 1. The van der Waals surface area contributed by atoms with Crippen molar-refractivity contribution in [2.24, 2.45) is 0 Å². The number of nitrogens with zero attached hydrogens (tertiary/aromatic N) is 1. The Morgan fingerprint density at radius 2 is 2.00 bits per heavy atom. The van der Waals surface area contributed by atoms with Crippen molar-refractivity contribution in [2.45, 2.75) is 26.3 Å². The molecule has 0 unspecified atom stereocenters. The number of rotatable bonds is 8. The van der Waals surface area contributed by atoms with E-state index >= 15 is 0 Å². The molecule has 0 bridgehead atoms. The molecular weight excluding hydrogens is 340 g/mol. The molecule has 5 nitrogen and oxygen atoms in total. The second-order valence-corrected chi connectivity index (χ2v) is 6.25. The zero-order valence-corrected chi connectivity index (χ0v) is 15.7. The van der Waals surface area contributed by atoms with Crippen LogP contribution in [0.4, 0.5) is 0 Å². The number of amides is 1. The number of benzene rings is 2. The summed E-state index contributed by atoms with van der Waals surface area (Å²) in [5, 5.41) is 3.81. The molecular formula is C22H24N2O3. The monoisotopic (exact) mass is 364 g/mol. The molecule has 3 rings (SSSR count). The quantitative estimate of drug-likeness (QED) is 0.604. The van der Waals surface area contributed by atoms with Crippen LogP contribution in [-0.2, 0) is 6.54 Å². The Morgan fingerprint density at radius 1 is 1.11 bits per heavy atom. The van der Waals surface area contributed by atoms with Gasteiger partial charge in [-0.3, -0.25) is 9.78 Å². The third-order valence-electron chi connectivity index (χ3n) is 4.33. The Labute approximate surface area is 159 Å². The van der Waals surface area contributed by atoms with Gasteiger partial charge in [-0.1, -0.05) is 31.5 Å². The van der Waals surface area contributed by atoms with Gasteiger partial charge in [0.25, 0.3) is 5.91 Å². The van der Waals surface area contributed by atoms with Crippen molar-refractivity contribution in [3.05, 3.63) is 65.9 Å². The maximum atomic E-state index is 12.6. The molecule has 0 aliphatic carbocycles. The molecule has 27 heavy (non-hydrogen) atoms. The first-order chi connectivity index (χ1) is 13.2. The van der Waals surface area contributed by atoms with E-state index in [0.717, 1.165) is 35.1 Å². The number of hydrogen-bond donors (Lipinski definition) is 1. The molecule has 0 saturated carbocycles. The number of aromatic nitrogens is 1. The van der Waals surface area contributed by atoms with Gasteiger partial charge in [-0.2, -0.15) is 0 Å². The normalized spacial score (nSPS) is 10.6. The van der Waals surface area contributed by atoms with Crippen LogP contribution in [0.3, 0.4) is 0 Å². The van der Waals surface area contributed by atoms with Gasteiger partial charge in [0.1, 0.15) is 0 Å². The highest BCUT2D eigenvalue weighted by atomic mass is 16.5. The lowest BCUT2D eigenvalue weighted by molar-refractivity contribution is 0.0952. The van der Waals surface area contributed by atoms with Crippen molar-refractivity contribution in [1.29, 1.82) is 0 Å². The van der Waals surface area contributed by atoms with E-state index in [9.17, 15) is 4.79 Å². The summed E-state index contributed by atoms with van der Waals surface area (Å²) in [6, 6.07) is 15.0. The van der Waals surface area contributed by atoms with E-state index < -0.39 is 0 Å². The molecule has 140 valence electrons. The van der Waals surface area contributed by atoms with Crippen LogP contribution in [0.1, 0.15) is 35.7 Å². The van der Waals surface area contributed by atoms with Crippen LogP contribution in [-0.4, -0.2) is 24.6 Å². The maximum Gasteiger partial charge on any atom is 0.252 e. The predicted octanol–water partition coefficient (Wildman–Crippen LogP) is 4.35. The summed E-state index contributed by atoms with van der Waals surface area (Å²) >= 11 is 0. The van der Waals surface area contributed by atoms with Gasteiger partial charge in [0.15, 0.2) is 11.5 Å². The number of methoxy groups -OCH3 is 1. The van der Waals surface area contributed by atoms with Crippen molar-refractivity contribution in [2.75, 3.05) is 13.7 Å². The van der Waals surface area contributed by atoms with Crippen LogP contribution in [0.2, 0.25) is 0 Å². The number of hydrogen-bond acceptors (Lipinski definition) is 4. The van der Waals surface area contributed by atoms with Crippen LogP contribution >= 0.6 is 0 Å². The van der Waals surface area contributed by atoms with Gasteiger partial charge >= 0.3 is 0 Å². The first-order valence-corrected chi connectivity index (χ1v) is 9.14. The molecule has 0 spiro atoms. The SMILES string of the molecule is CCCCOc1ccc(CNC(=O)c2cccc3ncccc23)cc1OC. The minimum Gasteiger partial charge on any atom is -0.493 e. The van der Waals surface area contributed by atoms with Gasteiger partial charge in [-0.25, -0.2) is 0 Å². The average Bonchev–Trinajstić information content (AvgIpc) is 2.72. The Morgan fingerprint density at radius 3 is 2.81 bits per heavy atom. The predicted molar refractivity (Wildman–Crippen MR) is 106 cm³/mol. The van der Waals surface area contributed by atoms with Crippen LogP contribution in [0.25, 0.3) is 10.9 Å². The topological polar surface area (TPSA) is 60.5 Å². The highest BCUT2D eigenvalue weighted by molar-refractivity contribution is 6.06. The van der Waals surface area contributed by atoms with Gasteiger partial charge in [0.05, 0.1) is 19.2 Å². The Kier molecular flexibility index (Phi) is 6.26. The molecule has 2 aromatic carbocycles.